The number of pyridine rings is 2. The highest BCUT2D eigenvalue weighted by molar-refractivity contribution is 5.80. The smallest absolute Gasteiger partial charge is 0.481 e. The van der Waals surface area contributed by atoms with Gasteiger partial charge < -0.3 is 38.8 Å². The molecule has 2 aromatic carbocycles. The van der Waals surface area contributed by atoms with E-state index in [0.29, 0.717) is 71.5 Å². The van der Waals surface area contributed by atoms with Gasteiger partial charge >= 0.3 is 24.7 Å². The van der Waals surface area contributed by atoms with Crippen LogP contribution in [0.2, 0.25) is 0 Å². The summed E-state index contributed by atoms with van der Waals surface area (Å²) in [6.07, 6.45) is -6.36. The number of carboxylic acids is 2. The Labute approximate surface area is 312 Å². The van der Waals surface area contributed by atoms with Gasteiger partial charge in [-0.15, -0.1) is 26.3 Å². The average molecular weight is 793 g/mol. The lowest BCUT2D eigenvalue weighted by molar-refractivity contribution is -0.275. The van der Waals surface area contributed by atoms with Crippen molar-refractivity contribution in [1.29, 1.82) is 0 Å². The van der Waals surface area contributed by atoms with Crippen LogP contribution in [0.25, 0.3) is 0 Å². The molecule has 2 aromatic heterocycles. The molecule has 2 atom stereocenters. The van der Waals surface area contributed by atoms with Crippen molar-refractivity contribution in [2.45, 2.75) is 63.5 Å². The van der Waals surface area contributed by atoms with Crippen LogP contribution in [0.4, 0.5) is 26.3 Å². The third kappa shape index (κ3) is 13.4. The van der Waals surface area contributed by atoms with Crippen LogP contribution in [0.5, 0.6) is 23.0 Å². The second kappa shape index (κ2) is 18.2. The molecule has 2 N–H and O–H groups in total. The summed E-state index contributed by atoms with van der Waals surface area (Å²) >= 11 is 0. The lowest BCUT2D eigenvalue weighted by Gasteiger charge is -2.11. The Hall–Kier alpha value is -6.60. The van der Waals surface area contributed by atoms with Crippen molar-refractivity contribution < 1.29 is 74.8 Å². The summed E-state index contributed by atoms with van der Waals surface area (Å²) < 4.78 is 91.9. The number of aliphatic carboxylic acids is 2. The van der Waals surface area contributed by atoms with E-state index < -0.39 is 36.9 Å². The SMILES string of the molecule is O=C(O)CCc1ccc(OC2=NO[C@@H](c3ccc(OC(F)(F)F)cc3)C2)cn1.O=C(O)CCc1ccc(OC2=NO[C@H](c3ccc(OC(F)(F)F)cc3)C2)cn1. The summed E-state index contributed by atoms with van der Waals surface area (Å²) in [5.74, 6) is -1.03. The van der Waals surface area contributed by atoms with Crippen molar-refractivity contribution in [3.63, 3.8) is 0 Å². The maximum atomic E-state index is 12.2. The van der Waals surface area contributed by atoms with Crippen LogP contribution < -0.4 is 18.9 Å². The van der Waals surface area contributed by atoms with Gasteiger partial charge in [0.05, 0.1) is 38.1 Å². The number of rotatable bonds is 12. The number of nitrogens with zero attached hydrogens (tertiary/aromatic N) is 4. The predicted octanol–water partition coefficient (Wildman–Crippen LogP) is 7.70. The van der Waals surface area contributed by atoms with Crippen LogP contribution in [0.1, 0.15) is 60.4 Å². The first-order valence-electron chi connectivity index (χ1n) is 16.4. The zero-order valence-electron chi connectivity index (χ0n) is 28.7. The van der Waals surface area contributed by atoms with Gasteiger partial charge in [0.15, 0.2) is 12.2 Å². The van der Waals surface area contributed by atoms with E-state index >= 15 is 0 Å². The van der Waals surface area contributed by atoms with Crippen LogP contribution in [0, 0.1) is 0 Å². The highest BCUT2D eigenvalue weighted by atomic mass is 19.4. The summed E-state index contributed by atoms with van der Waals surface area (Å²) in [6, 6.07) is 17.2. The number of carbonyl (C=O) groups is 2. The minimum atomic E-state index is -4.74. The highest BCUT2D eigenvalue weighted by Crippen LogP contribution is 2.32. The van der Waals surface area contributed by atoms with Gasteiger partial charge in [0.1, 0.15) is 23.0 Å². The van der Waals surface area contributed by atoms with Gasteiger partial charge in [0.2, 0.25) is 11.8 Å². The summed E-state index contributed by atoms with van der Waals surface area (Å²) in [7, 11) is 0. The number of alkyl halides is 6. The number of aryl methyl sites for hydroxylation is 2. The molecule has 14 nitrogen and oxygen atoms in total. The molecule has 0 spiro atoms. The third-order valence-corrected chi connectivity index (χ3v) is 7.51. The minimum absolute atomic E-state index is 0.0117. The zero-order chi connectivity index (χ0) is 40.3. The third-order valence-electron chi connectivity index (χ3n) is 7.51. The number of halogens is 6. The van der Waals surface area contributed by atoms with Gasteiger partial charge in [-0.1, -0.05) is 34.6 Å². The Kier molecular flexibility index (Phi) is 13.2. The fourth-order valence-corrected chi connectivity index (χ4v) is 4.94. The van der Waals surface area contributed by atoms with Crippen molar-refractivity contribution in [1.82, 2.24) is 9.97 Å². The van der Waals surface area contributed by atoms with Crippen molar-refractivity contribution in [2.24, 2.45) is 10.3 Å². The largest absolute Gasteiger partial charge is 0.573 e. The van der Waals surface area contributed by atoms with Gasteiger partial charge in [-0.25, -0.2) is 0 Å². The summed E-state index contributed by atoms with van der Waals surface area (Å²) in [5.41, 5.74) is 2.50. The fourth-order valence-electron chi connectivity index (χ4n) is 4.94. The van der Waals surface area contributed by atoms with Crippen LogP contribution >= 0.6 is 0 Å². The molecule has 0 aliphatic carbocycles. The van der Waals surface area contributed by atoms with E-state index in [4.69, 9.17) is 29.4 Å². The molecular weight excluding hydrogens is 762 g/mol. The lowest BCUT2D eigenvalue weighted by Crippen LogP contribution is -2.17. The van der Waals surface area contributed by atoms with E-state index in [-0.39, 0.29) is 24.3 Å². The van der Waals surface area contributed by atoms with Crippen molar-refractivity contribution >= 4 is 23.7 Å². The van der Waals surface area contributed by atoms with Gasteiger partial charge in [0.25, 0.3) is 0 Å². The molecule has 0 unspecified atom stereocenters. The second-order valence-corrected chi connectivity index (χ2v) is 11.8. The van der Waals surface area contributed by atoms with Crippen molar-refractivity contribution in [3.05, 3.63) is 108 Å². The van der Waals surface area contributed by atoms with E-state index in [0.717, 1.165) is 0 Å². The van der Waals surface area contributed by atoms with E-state index in [1.165, 1.54) is 60.9 Å². The number of benzene rings is 2. The maximum Gasteiger partial charge on any atom is 0.573 e. The molecule has 0 bridgehead atoms. The molecule has 0 saturated heterocycles. The van der Waals surface area contributed by atoms with Crippen LogP contribution in [0.3, 0.4) is 0 Å². The predicted molar refractivity (Wildman–Crippen MR) is 180 cm³/mol. The first-order valence-corrected chi connectivity index (χ1v) is 16.4. The normalized spacial score (nSPS) is 16.2. The molecule has 0 saturated carbocycles. The molecule has 0 amide bonds. The first kappa shape index (κ1) is 40.6. The Morgan fingerprint density at radius 1 is 0.589 bits per heavy atom. The second-order valence-electron chi connectivity index (χ2n) is 11.8. The van der Waals surface area contributed by atoms with E-state index in [9.17, 15) is 35.9 Å². The van der Waals surface area contributed by atoms with Crippen molar-refractivity contribution in [3.8, 4) is 23.0 Å². The molecule has 0 radical (unpaired) electrons. The number of aromatic nitrogens is 2. The Balaban J connectivity index is 0.000000214. The summed E-state index contributed by atoms with van der Waals surface area (Å²) in [6.45, 7) is 0. The minimum Gasteiger partial charge on any atom is -0.481 e. The maximum absolute atomic E-state index is 12.2. The molecular formula is C36H30F6N4O10. The standard InChI is InChI=1S/2C18H15F3N2O5/c2*19-18(20,21)27-13-5-1-11(2-6-13)15-9-16(23-28-15)26-14-7-3-12(22-10-14)4-8-17(24)25/h2*1-3,5-7,10,15H,4,8-9H2,(H,24,25)/t2*15-/m10/s1. The van der Waals surface area contributed by atoms with Crippen LogP contribution in [-0.4, -0.2) is 56.6 Å². The Bertz CT molecular complexity index is 1850. The molecule has 4 heterocycles. The topological polar surface area (TPSA) is 180 Å². The van der Waals surface area contributed by atoms with Crippen LogP contribution in [0.15, 0.2) is 95.5 Å². The molecule has 2 aliphatic heterocycles. The molecule has 296 valence electrons. The Morgan fingerprint density at radius 2 is 0.946 bits per heavy atom. The molecule has 20 heteroatoms. The van der Waals surface area contributed by atoms with Crippen molar-refractivity contribution in [2.75, 3.05) is 0 Å². The number of hydrogen-bond donors (Lipinski definition) is 2. The number of oxime groups is 2. The molecule has 6 rings (SSSR count). The Morgan fingerprint density at radius 3 is 1.25 bits per heavy atom. The first-order chi connectivity index (χ1) is 26.6. The lowest BCUT2D eigenvalue weighted by atomic mass is 10.1. The van der Waals surface area contributed by atoms with Gasteiger partial charge in [-0.05, 0) is 59.7 Å². The van der Waals surface area contributed by atoms with Crippen LogP contribution in [-0.2, 0) is 32.1 Å². The zero-order valence-corrected chi connectivity index (χ0v) is 28.7. The van der Waals surface area contributed by atoms with Gasteiger partial charge in [-0.3, -0.25) is 19.6 Å². The average Bonchev–Trinajstić information content (AvgIpc) is 3.81. The fraction of sp³-hybridized carbons (Fsp3) is 0.278. The number of carboxylic acid groups (broad SMARTS) is 2. The molecule has 4 aromatic rings. The molecule has 56 heavy (non-hydrogen) atoms. The van der Waals surface area contributed by atoms with E-state index in [2.05, 4.69) is 29.8 Å². The quantitative estimate of drug-likeness (QED) is 0.134. The molecule has 0 fully saturated rings. The van der Waals surface area contributed by atoms with Gasteiger partial charge in [0, 0.05) is 24.2 Å². The summed E-state index contributed by atoms with van der Waals surface area (Å²) in [5, 5.41) is 25.0. The number of hydrogen-bond acceptors (Lipinski definition) is 12. The monoisotopic (exact) mass is 792 g/mol. The number of ether oxygens (including phenoxy) is 4. The van der Waals surface area contributed by atoms with E-state index in [1.807, 2.05) is 0 Å². The van der Waals surface area contributed by atoms with Gasteiger partial charge in [-0.2, -0.15) is 0 Å². The summed E-state index contributed by atoms with van der Waals surface area (Å²) in [4.78, 5) is 39.9. The van der Waals surface area contributed by atoms with E-state index in [1.54, 1.807) is 24.3 Å². The molecule has 2 aliphatic rings. The highest BCUT2D eigenvalue weighted by Gasteiger charge is 2.32.